The van der Waals surface area contributed by atoms with Crippen LogP contribution < -0.4 is 5.73 Å². The molecule has 0 aliphatic rings. The maximum atomic E-state index is 6.01. The standard InChI is InChI=1S/C17H14ClNS/c18-15-6-8-17(14(9-15)11-19)20-16-7-5-12-3-1-2-4-13(12)10-16/h1-10H,11,19H2. The van der Waals surface area contributed by atoms with Crippen molar-refractivity contribution in [3.8, 4) is 0 Å². The van der Waals surface area contributed by atoms with Gasteiger partial charge in [0.15, 0.2) is 0 Å². The Morgan fingerprint density at radius 2 is 1.70 bits per heavy atom. The molecule has 1 nitrogen and oxygen atoms in total. The molecular weight excluding hydrogens is 286 g/mol. The molecule has 0 saturated carbocycles. The fourth-order valence-corrected chi connectivity index (χ4v) is 3.35. The summed E-state index contributed by atoms with van der Waals surface area (Å²) in [4.78, 5) is 2.37. The first-order valence-electron chi connectivity index (χ1n) is 6.41. The van der Waals surface area contributed by atoms with Crippen molar-refractivity contribution in [1.29, 1.82) is 0 Å². The molecule has 3 rings (SSSR count). The van der Waals surface area contributed by atoms with Crippen LogP contribution in [0.5, 0.6) is 0 Å². The topological polar surface area (TPSA) is 26.0 Å². The van der Waals surface area contributed by atoms with E-state index in [0.29, 0.717) is 6.54 Å². The van der Waals surface area contributed by atoms with Crippen LogP contribution >= 0.6 is 23.4 Å². The molecular formula is C17H14ClNS. The lowest BCUT2D eigenvalue weighted by molar-refractivity contribution is 1.03. The van der Waals surface area contributed by atoms with Crippen molar-refractivity contribution < 1.29 is 0 Å². The summed E-state index contributed by atoms with van der Waals surface area (Å²) < 4.78 is 0. The molecule has 0 aromatic heterocycles. The summed E-state index contributed by atoms with van der Waals surface area (Å²) in [5, 5.41) is 3.24. The Bertz CT molecular complexity index is 755. The molecule has 0 saturated heterocycles. The molecule has 0 atom stereocenters. The van der Waals surface area contributed by atoms with Gasteiger partial charge in [0, 0.05) is 21.4 Å². The third-order valence-corrected chi connectivity index (χ3v) is 4.53. The predicted octanol–water partition coefficient (Wildman–Crippen LogP) is 5.10. The fraction of sp³-hybridized carbons (Fsp3) is 0.0588. The van der Waals surface area contributed by atoms with Gasteiger partial charge < -0.3 is 5.73 Å². The monoisotopic (exact) mass is 299 g/mol. The molecule has 0 unspecified atom stereocenters. The van der Waals surface area contributed by atoms with E-state index in [0.717, 1.165) is 15.5 Å². The second-order valence-electron chi connectivity index (χ2n) is 4.57. The number of fused-ring (bicyclic) bond motifs is 1. The van der Waals surface area contributed by atoms with Crippen LogP contribution in [0, 0.1) is 0 Å². The summed E-state index contributed by atoms with van der Waals surface area (Å²) in [6.45, 7) is 0.497. The molecule has 0 aliphatic carbocycles. The molecule has 0 fully saturated rings. The maximum Gasteiger partial charge on any atom is 0.0410 e. The molecule has 0 amide bonds. The van der Waals surface area contributed by atoms with Crippen LogP contribution in [0.25, 0.3) is 10.8 Å². The van der Waals surface area contributed by atoms with E-state index < -0.39 is 0 Å². The minimum Gasteiger partial charge on any atom is -0.326 e. The summed E-state index contributed by atoms with van der Waals surface area (Å²) in [5.41, 5.74) is 6.87. The van der Waals surface area contributed by atoms with Crippen LogP contribution in [-0.4, -0.2) is 0 Å². The number of hydrogen-bond acceptors (Lipinski definition) is 2. The Balaban J connectivity index is 1.96. The average molecular weight is 300 g/mol. The van der Waals surface area contributed by atoms with Gasteiger partial charge in [0.1, 0.15) is 0 Å². The lowest BCUT2D eigenvalue weighted by Crippen LogP contribution is -1.98. The molecule has 3 aromatic carbocycles. The largest absolute Gasteiger partial charge is 0.326 e. The van der Waals surface area contributed by atoms with E-state index in [-0.39, 0.29) is 0 Å². The zero-order chi connectivity index (χ0) is 13.9. The Morgan fingerprint density at radius 3 is 2.50 bits per heavy atom. The summed E-state index contributed by atoms with van der Waals surface area (Å²) in [6, 6.07) is 20.7. The first kappa shape index (κ1) is 13.5. The minimum absolute atomic E-state index is 0.497. The van der Waals surface area contributed by atoms with Gasteiger partial charge in [-0.2, -0.15) is 0 Å². The van der Waals surface area contributed by atoms with Crippen molar-refractivity contribution in [1.82, 2.24) is 0 Å². The van der Waals surface area contributed by atoms with Gasteiger partial charge in [0.05, 0.1) is 0 Å². The summed E-state index contributed by atoms with van der Waals surface area (Å²) in [6.07, 6.45) is 0. The summed E-state index contributed by atoms with van der Waals surface area (Å²) in [7, 11) is 0. The maximum absolute atomic E-state index is 6.01. The van der Waals surface area contributed by atoms with Crippen molar-refractivity contribution in [3.63, 3.8) is 0 Å². The van der Waals surface area contributed by atoms with Crippen LogP contribution in [0.4, 0.5) is 0 Å². The quantitative estimate of drug-likeness (QED) is 0.728. The number of halogens is 1. The predicted molar refractivity (Wildman–Crippen MR) is 87.4 cm³/mol. The molecule has 20 heavy (non-hydrogen) atoms. The highest BCUT2D eigenvalue weighted by Crippen LogP contribution is 2.33. The van der Waals surface area contributed by atoms with Gasteiger partial charge >= 0.3 is 0 Å². The lowest BCUT2D eigenvalue weighted by Gasteiger charge is -2.08. The third-order valence-electron chi connectivity index (χ3n) is 3.19. The first-order valence-corrected chi connectivity index (χ1v) is 7.61. The van der Waals surface area contributed by atoms with E-state index in [9.17, 15) is 0 Å². The highest BCUT2D eigenvalue weighted by Gasteiger charge is 2.05. The van der Waals surface area contributed by atoms with Gasteiger partial charge in [-0.1, -0.05) is 53.7 Å². The summed E-state index contributed by atoms with van der Waals surface area (Å²) in [5.74, 6) is 0. The smallest absolute Gasteiger partial charge is 0.0410 e. The third kappa shape index (κ3) is 2.83. The second kappa shape index (κ2) is 5.88. The van der Waals surface area contributed by atoms with Crippen molar-refractivity contribution in [2.24, 2.45) is 5.73 Å². The van der Waals surface area contributed by atoms with Crippen LogP contribution in [0.2, 0.25) is 5.02 Å². The van der Waals surface area contributed by atoms with Gasteiger partial charge in [-0.15, -0.1) is 0 Å². The van der Waals surface area contributed by atoms with E-state index in [1.54, 1.807) is 11.8 Å². The van der Waals surface area contributed by atoms with Crippen LogP contribution in [-0.2, 0) is 6.54 Å². The molecule has 100 valence electrons. The van der Waals surface area contributed by atoms with E-state index in [1.807, 2.05) is 18.2 Å². The van der Waals surface area contributed by atoms with E-state index in [1.165, 1.54) is 15.7 Å². The van der Waals surface area contributed by atoms with Crippen LogP contribution in [0.3, 0.4) is 0 Å². The van der Waals surface area contributed by atoms with E-state index in [4.69, 9.17) is 17.3 Å². The van der Waals surface area contributed by atoms with E-state index >= 15 is 0 Å². The number of hydrogen-bond donors (Lipinski definition) is 1. The Hall–Kier alpha value is -1.48. The van der Waals surface area contributed by atoms with Gasteiger partial charge in [-0.05, 0) is 46.7 Å². The highest BCUT2D eigenvalue weighted by atomic mass is 35.5. The normalized spacial score (nSPS) is 10.9. The van der Waals surface area contributed by atoms with Crippen molar-refractivity contribution >= 4 is 34.1 Å². The second-order valence-corrected chi connectivity index (χ2v) is 6.12. The van der Waals surface area contributed by atoms with Crippen molar-refractivity contribution in [2.75, 3.05) is 0 Å². The van der Waals surface area contributed by atoms with Crippen LogP contribution in [0.15, 0.2) is 70.5 Å². The van der Waals surface area contributed by atoms with E-state index in [2.05, 4.69) is 42.5 Å². The minimum atomic E-state index is 0.497. The molecule has 2 N–H and O–H groups in total. The van der Waals surface area contributed by atoms with Crippen molar-refractivity contribution in [2.45, 2.75) is 16.3 Å². The molecule has 0 radical (unpaired) electrons. The SMILES string of the molecule is NCc1cc(Cl)ccc1Sc1ccc2ccccc2c1. The molecule has 0 bridgehead atoms. The Morgan fingerprint density at radius 1 is 0.900 bits per heavy atom. The zero-order valence-corrected chi connectivity index (χ0v) is 12.4. The Labute approximate surface area is 127 Å². The van der Waals surface area contributed by atoms with Gasteiger partial charge in [-0.3, -0.25) is 0 Å². The van der Waals surface area contributed by atoms with Crippen molar-refractivity contribution in [3.05, 3.63) is 71.2 Å². The van der Waals surface area contributed by atoms with Gasteiger partial charge in [-0.25, -0.2) is 0 Å². The highest BCUT2D eigenvalue weighted by molar-refractivity contribution is 7.99. The molecule has 3 aromatic rings. The first-order chi connectivity index (χ1) is 9.76. The number of benzene rings is 3. The summed E-state index contributed by atoms with van der Waals surface area (Å²) >= 11 is 7.74. The molecule has 0 spiro atoms. The number of nitrogens with two attached hydrogens (primary N) is 1. The van der Waals surface area contributed by atoms with Gasteiger partial charge in [0.2, 0.25) is 0 Å². The number of rotatable bonds is 3. The molecule has 3 heteroatoms. The fourth-order valence-electron chi connectivity index (χ4n) is 2.16. The molecule has 0 heterocycles. The zero-order valence-electron chi connectivity index (χ0n) is 10.8. The van der Waals surface area contributed by atoms with Crippen LogP contribution in [0.1, 0.15) is 5.56 Å². The lowest BCUT2D eigenvalue weighted by atomic mass is 10.1. The van der Waals surface area contributed by atoms with Gasteiger partial charge in [0.25, 0.3) is 0 Å². The Kier molecular flexibility index (Phi) is 3.97. The molecule has 0 aliphatic heterocycles. The average Bonchev–Trinajstić information content (AvgIpc) is 2.49.